The van der Waals surface area contributed by atoms with Crippen LogP contribution in [0.25, 0.3) is 0 Å². The van der Waals surface area contributed by atoms with Crippen molar-refractivity contribution in [1.82, 2.24) is 0 Å². The monoisotopic (exact) mass is 318 g/mol. The van der Waals surface area contributed by atoms with Crippen LogP contribution in [0.3, 0.4) is 0 Å². The van der Waals surface area contributed by atoms with Crippen LogP contribution in [0.5, 0.6) is 5.75 Å². The van der Waals surface area contributed by atoms with Gasteiger partial charge in [-0.15, -0.1) is 0 Å². The number of halogens is 1. The van der Waals surface area contributed by atoms with E-state index in [-0.39, 0.29) is 5.97 Å². The van der Waals surface area contributed by atoms with Gasteiger partial charge in [-0.1, -0.05) is 35.0 Å². The van der Waals surface area contributed by atoms with E-state index < -0.39 is 0 Å². The summed E-state index contributed by atoms with van der Waals surface area (Å²) in [6, 6.07) is 13.1. The van der Waals surface area contributed by atoms with E-state index in [0.29, 0.717) is 11.3 Å². The first-order valence-corrected chi connectivity index (χ1v) is 6.96. The molecule has 0 saturated carbocycles. The van der Waals surface area contributed by atoms with E-state index in [9.17, 15) is 4.79 Å². The predicted molar refractivity (Wildman–Crippen MR) is 79.7 cm³/mol. The lowest BCUT2D eigenvalue weighted by atomic mass is 10.1. The first kappa shape index (κ1) is 13.8. The van der Waals surface area contributed by atoms with Crippen LogP contribution in [-0.2, 0) is 6.42 Å². The van der Waals surface area contributed by atoms with Gasteiger partial charge in [-0.3, -0.25) is 0 Å². The fraction of sp³-hybridized carbons (Fsp3) is 0.188. The number of hydrogen-bond donors (Lipinski definition) is 0. The van der Waals surface area contributed by atoms with Gasteiger partial charge in [-0.05, 0) is 54.8 Å². The van der Waals surface area contributed by atoms with E-state index in [1.807, 2.05) is 37.3 Å². The van der Waals surface area contributed by atoms with Crippen molar-refractivity contribution in [1.29, 1.82) is 0 Å². The number of aryl methyl sites for hydroxylation is 2. The van der Waals surface area contributed by atoms with Crippen molar-refractivity contribution in [3.05, 3.63) is 63.6 Å². The topological polar surface area (TPSA) is 26.3 Å². The predicted octanol–water partition coefficient (Wildman–Crippen LogP) is 4.54. The minimum Gasteiger partial charge on any atom is -0.423 e. The van der Waals surface area contributed by atoms with Crippen LogP contribution >= 0.6 is 15.9 Å². The summed E-state index contributed by atoms with van der Waals surface area (Å²) >= 11 is 3.34. The molecule has 2 rings (SSSR count). The Morgan fingerprint density at radius 3 is 2.47 bits per heavy atom. The van der Waals surface area contributed by atoms with Crippen LogP contribution < -0.4 is 4.74 Å². The molecule has 98 valence electrons. The smallest absolute Gasteiger partial charge is 0.343 e. The molecule has 0 bridgehead atoms. The number of carbonyl (C=O) groups is 1. The molecule has 0 spiro atoms. The first-order valence-electron chi connectivity index (χ1n) is 6.17. The molecule has 19 heavy (non-hydrogen) atoms. The van der Waals surface area contributed by atoms with Gasteiger partial charge >= 0.3 is 5.97 Å². The van der Waals surface area contributed by atoms with Gasteiger partial charge in [0, 0.05) is 4.47 Å². The van der Waals surface area contributed by atoms with E-state index in [0.717, 1.165) is 22.0 Å². The van der Waals surface area contributed by atoms with Gasteiger partial charge in [0.25, 0.3) is 0 Å². The number of rotatable bonds is 3. The van der Waals surface area contributed by atoms with Gasteiger partial charge in [0.2, 0.25) is 0 Å². The van der Waals surface area contributed by atoms with Gasteiger partial charge in [-0.2, -0.15) is 0 Å². The van der Waals surface area contributed by atoms with Crippen LogP contribution in [0.15, 0.2) is 46.9 Å². The van der Waals surface area contributed by atoms with Crippen molar-refractivity contribution in [2.75, 3.05) is 0 Å². The summed E-state index contributed by atoms with van der Waals surface area (Å²) in [5, 5.41) is 0. The quantitative estimate of drug-likeness (QED) is 0.613. The Bertz CT molecular complexity index is 588. The van der Waals surface area contributed by atoms with E-state index in [1.165, 1.54) is 0 Å². The van der Waals surface area contributed by atoms with E-state index in [1.54, 1.807) is 12.1 Å². The molecule has 0 radical (unpaired) electrons. The lowest BCUT2D eigenvalue weighted by molar-refractivity contribution is 0.0733. The lowest BCUT2D eigenvalue weighted by Crippen LogP contribution is -2.09. The standard InChI is InChI=1S/C16H15BrO2/c1-3-12-5-4-11(2)15(10-12)19-16(18)13-6-8-14(17)9-7-13/h4-10H,3H2,1-2H3. The Kier molecular flexibility index (Phi) is 4.38. The number of benzene rings is 2. The van der Waals surface area contributed by atoms with Crippen molar-refractivity contribution in [2.24, 2.45) is 0 Å². The molecular weight excluding hydrogens is 304 g/mol. The second-order valence-electron chi connectivity index (χ2n) is 4.35. The highest BCUT2D eigenvalue weighted by molar-refractivity contribution is 9.10. The van der Waals surface area contributed by atoms with E-state index in [2.05, 4.69) is 22.9 Å². The lowest BCUT2D eigenvalue weighted by Gasteiger charge is -2.09. The maximum absolute atomic E-state index is 12.0. The fourth-order valence-corrected chi connectivity index (χ4v) is 1.98. The summed E-state index contributed by atoms with van der Waals surface area (Å²) < 4.78 is 6.40. The van der Waals surface area contributed by atoms with Crippen LogP contribution in [0.2, 0.25) is 0 Å². The maximum Gasteiger partial charge on any atom is 0.343 e. The number of carbonyl (C=O) groups excluding carboxylic acids is 1. The van der Waals surface area contributed by atoms with Gasteiger partial charge in [-0.25, -0.2) is 4.79 Å². The zero-order valence-electron chi connectivity index (χ0n) is 10.9. The molecule has 3 heteroatoms. The third-order valence-electron chi connectivity index (χ3n) is 2.94. The summed E-state index contributed by atoms with van der Waals surface area (Å²) in [5.41, 5.74) is 2.66. The molecule has 2 aromatic carbocycles. The highest BCUT2D eigenvalue weighted by Gasteiger charge is 2.10. The highest BCUT2D eigenvalue weighted by atomic mass is 79.9. The number of esters is 1. The average molecular weight is 319 g/mol. The van der Waals surface area contributed by atoms with Gasteiger partial charge in [0.05, 0.1) is 5.56 Å². The molecule has 0 atom stereocenters. The molecule has 0 N–H and O–H groups in total. The van der Waals surface area contributed by atoms with Crippen LogP contribution in [0, 0.1) is 6.92 Å². The first-order chi connectivity index (χ1) is 9.10. The third kappa shape index (κ3) is 3.44. The molecular formula is C16H15BrO2. The summed E-state index contributed by atoms with van der Waals surface area (Å²) in [7, 11) is 0. The summed E-state index contributed by atoms with van der Waals surface area (Å²) in [4.78, 5) is 12.0. The minimum atomic E-state index is -0.330. The molecule has 0 heterocycles. The average Bonchev–Trinajstić information content (AvgIpc) is 2.42. The van der Waals surface area contributed by atoms with Crippen molar-refractivity contribution >= 4 is 21.9 Å². The molecule has 0 aromatic heterocycles. The highest BCUT2D eigenvalue weighted by Crippen LogP contribution is 2.21. The Hall–Kier alpha value is -1.61. The third-order valence-corrected chi connectivity index (χ3v) is 3.47. The summed E-state index contributed by atoms with van der Waals surface area (Å²) in [6.07, 6.45) is 0.920. The molecule has 2 nitrogen and oxygen atoms in total. The molecule has 2 aromatic rings. The van der Waals surface area contributed by atoms with E-state index >= 15 is 0 Å². The summed E-state index contributed by atoms with van der Waals surface area (Å²) in [6.45, 7) is 4.01. The fourth-order valence-electron chi connectivity index (χ4n) is 1.72. The van der Waals surface area contributed by atoms with Gasteiger partial charge < -0.3 is 4.74 Å². The maximum atomic E-state index is 12.0. The Labute approximate surface area is 121 Å². The van der Waals surface area contributed by atoms with E-state index in [4.69, 9.17) is 4.74 Å². The van der Waals surface area contributed by atoms with Crippen LogP contribution in [0.4, 0.5) is 0 Å². The second-order valence-corrected chi connectivity index (χ2v) is 5.27. The van der Waals surface area contributed by atoms with Gasteiger partial charge in [0.1, 0.15) is 5.75 Å². The SMILES string of the molecule is CCc1ccc(C)c(OC(=O)c2ccc(Br)cc2)c1. The molecule has 0 amide bonds. The normalized spacial score (nSPS) is 10.3. The van der Waals surface area contributed by atoms with Gasteiger partial charge in [0.15, 0.2) is 0 Å². The van der Waals surface area contributed by atoms with Crippen molar-refractivity contribution in [2.45, 2.75) is 20.3 Å². The molecule has 0 fully saturated rings. The Balaban J connectivity index is 2.21. The number of hydrogen-bond acceptors (Lipinski definition) is 2. The molecule has 0 unspecified atom stereocenters. The number of ether oxygens (including phenoxy) is 1. The Morgan fingerprint density at radius 2 is 1.84 bits per heavy atom. The summed E-state index contributed by atoms with van der Waals surface area (Å²) in [5.74, 6) is 0.302. The molecule has 0 saturated heterocycles. The van der Waals surface area contributed by atoms with Crippen molar-refractivity contribution < 1.29 is 9.53 Å². The molecule has 0 aliphatic heterocycles. The molecule has 0 aliphatic rings. The van der Waals surface area contributed by atoms with Crippen LogP contribution in [0.1, 0.15) is 28.4 Å². The van der Waals surface area contributed by atoms with Crippen LogP contribution in [-0.4, -0.2) is 5.97 Å². The van der Waals surface area contributed by atoms with Crippen molar-refractivity contribution in [3.63, 3.8) is 0 Å². The zero-order valence-corrected chi connectivity index (χ0v) is 12.5. The Morgan fingerprint density at radius 1 is 1.16 bits per heavy atom. The van der Waals surface area contributed by atoms with Crippen molar-refractivity contribution in [3.8, 4) is 5.75 Å². The molecule has 0 aliphatic carbocycles. The minimum absolute atomic E-state index is 0.330. The largest absolute Gasteiger partial charge is 0.423 e. The zero-order chi connectivity index (χ0) is 13.8. The second kappa shape index (κ2) is 6.02.